The van der Waals surface area contributed by atoms with Crippen LogP contribution >= 0.6 is 6.72 Å². The molecule has 2 heterocycles. The molecule has 0 aliphatic carbocycles. The fourth-order valence-electron chi connectivity index (χ4n) is 3.80. The summed E-state index contributed by atoms with van der Waals surface area (Å²) in [7, 11) is 2.86. The van der Waals surface area contributed by atoms with E-state index in [9.17, 15) is 23.5 Å². The van der Waals surface area contributed by atoms with Crippen molar-refractivity contribution in [3.63, 3.8) is 0 Å². The molecule has 1 unspecified atom stereocenters. The molecule has 2 aromatic carbocycles. The Morgan fingerprint density at radius 2 is 1.46 bits per heavy atom. The van der Waals surface area contributed by atoms with Gasteiger partial charge >= 0.3 is 18.3 Å². The molecular formula is C24H23F4N2O9PS. The lowest BCUT2D eigenvalue weighted by atomic mass is 9.96. The maximum atomic E-state index is 15.2. The SMILES string of the molecule is COc1ccc(OP(=S)(OC[C@]2(C(F)F)O[C@H](n3ccc(=O)[nH]c3=O)C(F)(F)C2O)Oc2ccc(OC)cc2)cc1. The van der Waals surface area contributed by atoms with E-state index in [1.807, 2.05) is 0 Å². The molecule has 222 valence electrons. The number of methoxy groups -OCH3 is 2. The summed E-state index contributed by atoms with van der Waals surface area (Å²) in [6.07, 6.45) is -9.08. The lowest BCUT2D eigenvalue weighted by Gasteiger charge is -2.32. The zero-order chi connectivity index (χ0) is 30.0. The number of aromatic nitrogens is 2. The topological polar surface area (TPSA) is 130 Å². The van der Waals surface area contributed by atoms with Crippen LogP contribution in [0.4, 0.5) is 17.6 Å². The van der Waals surface area contributed by atoms with Gasteiger partial charge in [0.25, 0.3) is 12.0 Å². The fraction of sp³-hybridized carbons (Fsp3) is 0.333. The van der Waals surface area contributed by atoms with Crippen molar-refractivity contribution >= 4 is 18.5 Å². The van der Waals surface area contributed by atoms with Crippen LogP contribution < -0.4 is 29.8 Å². The van der Waals surface area contributed by atoms with Gasteiger partial charge in [0.1, 0.15) is 23.0 Å². The van der Waals surface area contributed by atoms with Crippen molar-refractivity contribution in [1.82, 2.24) is 9.55 Å². The van der Waals surface area contributed by atoms with E-state index in [2.05, 4.69) is 0 Å². The Labute approximate surface area is 234 Å². The summed E-state index contributed by atoms with van der Waals surface area (Å²) in [6, 6.07) is 12.4. The summed E-state index contributed by atoms with van der Waals surface area (Å²) >= 11 is 5.43. The minimum atomic E-state index is -4.45. The van der Waals surface area contributed by atoms with Crippen molar-refractivity contribution in [3.05, 3.63) is 81.6 Å². The monoisotopic (exact) mass is 622 g/mol. The largest absolute Gasteiger partial charge is 0.497 e. The summed E-state index contributed by atoms with van der Waals surface area (Å²) in [5.74, 6) is -3.42. The quantitative estimate of drug-likeness (QED) is 0.242. The summed E-state index contributed by atoms with van der Waals surface area (Å²) in [5, 5.41) is 10.5. The summed E-state index contributed by atoms with van der Waals surface area (Å²) < 4.78 is 91.5. The van der Waals surface area contributed by atoms with E-state index in [-0.39, 0.29) is 16.1 Å². The molecule has 0 bridgehead atoms. The van der Waals surface area contributed by atoms with Crippen molar-refractivity contribution in [3.8, 4) is 23.0 Å². The second-order valence-corrected chi connectivity index (χ2v) is 11.4. The molecule has 3 aromatic rings. The van der Waals surface area contributed by atoms with Gasteiger partial charge in [-0.15, -0.1) is 0 Å². The number of hydrogen-bond acceptors (Lipinski definition) is 10. The fourth-order valence-corrected chi connectivity index (χ4v) is 5.73. The Kier molecular flexibility index (Phi) is 8.80. The molecule has 1 aliphatic rings. The first-order valence-electron chi connectivity index (χ1n) is 11.6. The summed E-state index contributed by atoms with van der Waals surface area (Å²) in [6.45, 7) is -5.60. The Morgan fingerprint density at radius 1 is 0.976 bits per heavy atom. The highest BCUT2D eigenvalue weighted by Crippen LogP contribution is 2.55. The summed E-state index contributed by atoms with van der Waals surface area (Å²) in [5.41, 5.74) is -5.71. The number of ether oxygens (including phenoxy) is 3. The molecule has 0 saturated carbocycles. The predicted octanol–water partition coefficient (Wildman–Crippen LogP) is 3.48. The van der Waals surface area contributed by atoms with E-state index in [1.165, 1.54) is 62.8 Å². The first-order chi connectivity index (χ1) is 19.3. The lowest BCUT2D eigenvalue weighted by molar-refractivity contribution is -0.192. The molecule has 2 N–H and O–H groups in total. The van der Waals surface area contributed by atoms with Crippen LogP contribution in [0.2, 0.25) is 0 Å². The van der Waals surface area contributed by atoms with Gasteiger partial charge in [-0.05, 0) is 48.5 Å². The van der Waals surface area contributed by atoms with Gasteiger partial charge in [-0.2, -0.15) is 8.78 Å². The predicted molar refractivity (Wildman–Crippen MR) is 139 cm³/mol. The Balaban J connectivity index is 1.67. The number of alkyl halides is 4. The third kappa shape index (κ3) is 6.26. The number of nitrogens with zero attached hydrogens (tertiary/aromatic N) is 1. The van der Waals surface area contributed by atoms with Crippen LogP contribution in [-0.2, 0) is 21.1 Å². The second kappa shape index (κ2) is 11.8. The minimum Gasteiger partial charge on any atom is -0.497 e. The average Bonchev–Trinajstić information content (AvgIpc) is 3.14. The standard InChI is InChI=1S/C24H23F4N2O9PS/c1-34-14-3-7-16(8-4-14)38-40(41,39-17-9-5-15(35-2)6-10-17)36-13-23(20(25)26)19(32)24(27,28)21(37-23)30-12-11-18(31)29-22(30)33/h3-12,19-21,32H,13H2,1-2H3,(H,29,31,33)/t19?,21-,23-/m0/s1. The van der Waals surface area contributed by atoms with Crippen LogP contribution in [0.3, 0.4) is 0 Å². The number of benzene rings is 2. The molecule has 3 atom stereocenters. The maximum Gasteiger partial charge on any atom is 0.435 e. The van der Waals surface area contributed by atoms with E-state index < -0.39 is 54.9 Å². The Hall–Kier alpha value is -3.43. The molecule has 11 nitrogen and oxygen atoms in total. The van der Waals surface area contributed by atoms with Crippen molar-refractivity contribution < 1.29 is 50.5 Å². The highest BCUT2D eigenvalue weighted by Gasteiger charge is 2.71. The molecule has 0 amide bonds. The smallest absolute Gasteiger partial charge is 0.435 e. The van der Waals surface area contributed by atoms with Crippen LogP contribution in [0.5, 0.6) is 23.0 Å². The van der Waals surface area contributed by atoms with Crippen LogP contribution in [0.15, 0.2) is 70.4 Å². The number of rotatable bonds is 11. The molecule has 17 heteroatoms. The first-order valence-corrected chi connectivity index (χ1v) is 14.1. The Bertz CT molecular complexity index is 1470. The van der Waals surface area contributed by atoms with Crippen LogP contribution in [0.1, 0.15) is 6.23 Å². The molecule has 1 aliphatic heterocycles. The number of H-pyrrole nitrogens is 1. The van der Waals surface area contributed by atoms with E-state index >= 15 is 8.78 Å². The summed E-state index contributed by atoms with van der Waals surface area (Å²) in [4.78, 5) is 25.2. The first kappa shape index (κ1) is 30.5. The number of aromatic amines is 1. The third-order valence-electron chi connectivity index (χ3n) is 5.96. The van der Waals surface area contributed by atoms with Gasteiger partial charge in [0.15, 0.2) is 11.7 Å². The highest BCUT2D eigenvalue weighted by atomic mass is 32.5. The highest BCUT2D eigenvalue weighted by molar-refractivity contribution is 8.07. The van der Waals surface area contributed by atoms with E-state index in [4.69, 9.17) is 39.6 Å². The number of aliphatic hydroxyl groups is 1. The van der Waals surface area contributed by atoms with Crippen molar-refractivity contribution in [2.75, 3.05) is 20.8 Å². The van der Waals surface area contributed by atoms with Crippen molar-refractivity contribution in [2.45, 2.75) is 30.3 Å². The lowest BCUT2D eigenvalue weighted by Crippen LogP contribution is -2.54. The van der Waals surface area contributed by atoms with Gasteiger partial charge in [0, 0.05) is 24.1 Å². The van der Waals surface area contributed by atoms with Gasteiger partial charge in [-0.3, -0.25) is 18.9 Å². The second-order valence-electron chi connectivity index (χ2n) is 8.57. The molecule has 1 fully saturated rings. The zero-order valence-electron chi connectivity index (χ0n) is 21.2. The molecule has 0 radical (unpaired) electrons. The van der Waals surface area contributed by atoms with Gasteiger partial charge in [-0.1, -0.05) is 0 Å². The van der Waals surface area contributed by atoms with E-state index in [0.717, 1.165) is 0 Å². The van der Waals surface area contributed by atoms with Gasteiger partial charge in [-0.25, -0.2) is 13.6 Å². The number of halogens is 4. The molecule has 4 rings (SSSR count). The average molecular weight is 622 g/mol. The maximum absolute atomic E-state index is 15.2. The number of nitrogens with one attached hydrogen (secondary N) is 1. The normalized spacial score (nSPS) is 22.0. The van der Waals surface area contributed by atoms with Gasteiger partial charge < -0.3 is 28.4 Å². The van der Waals surface area contributed by atoms with E-state index in [1.54, 1.807) is 4.98 Å². The number of aliphatic hydroxyl groups excluding tert-OH is 1. The minimum absolute atomic E-state index is 0.0598. The van der Waals surface area contributed by atoms with Crippen LogP contribution in [-0.4, -0.2) is 59.5 Å². The third-order valence-corrected chi connectivity index (χ3v) is 8.04. The van der Waals surface area contributed by atoms with Gasteiger partial charge in [0.05, 0.1) is 20.8 Å². The van der Waals surface area contributed by atoms with Gasteiger partial charge in [0.2, 0.25) is 6.23 Å². The van der Waals surface area contributed by atoms with Crippen molar-refractivity contribution in [1.29, 1.82) is 0 Å². The van der Waals surface area contributed by atoms with Crippen LogP contribution in [0, 0.1) is 0 Å². The van der Waals surface area contributed by atoms with Crippen LogP contribution in [0.25, 0.3) is 0 Å². The molecule has 0 spiro atoms. The molecule has 1 aromatic heterocycles. The zero-order valence-corrected chi connectivity index (χ0v) is 23.0. The number of hydrogen-bond donors (Lipinski definition) is 2. The molecule has 41 heavy (non-hydrogen) atoms. The van der Waals surface area contributed by atoms with Crippen molar-refractivity contribution in [2.24, 2.45) is 0 Å². The Morgan fingerprint density at radius 3 is 1.90 bits per heavy atom. The molecular weight excluding hydrogens is 599 g/mol. The molecule has 1 saturated heterocycles. The van der Waals surface area contributed by atoms with E-state index in [0.29, 0.717) is 23.8 Å².